The normalized spacial score (nSPS) is 15.4. The van der Waals surface area contributed by atoms with Crippen molar-refractivity contribution in [3.63, 3.8) is 0 Å². The van der Waals surface area contributed by atoms with Crippen LogP contribution in [0.3, 0.4) is 0 Å². The third-order valence-corrected chi connectivity index (χ3v) is 6.26. The van der Waals surface area contributed by atoms with Crippen LogP contribution in [0.1, 0.15) is 29.4 Å². The fraction of sp³-hybridized carbons (Fsp3) is 0.429. The highest BCUT2D eigenvalue weighted by Gasteiger charge is 2.21. The predicted molar refractivity (Wildman–Crippen MR) is 121 cm³/mol. The van der Waals surface area contributed by atoms with Crippen molar-refractivity contribution in [2.75, 3.05) is 18.0 Å². The third-order valence-electron chi connectivity index (χ3n) is 5.38. The minimum Gasteiger partial charge on any atom is -0.356 e. The first-order valence-corrected chi connectivity index (χ1v) is 11.1. The van der Waals surface area contributed by atoms with Crippen LogP contribution in [-0.2, 0) is 20.1 Å². The summed E-state index contributed by atoms with van der Waals surface area (Å²) in [5.41, 5.74) is 0. The van der Waals surface area contributed by atoms with Crippen LogP contribution in [0.15, 0.2) is 46.9 Å². The average molecular weight is 425 g/mol. The zero-order valence-corrected chi connectivity index (χ0v) is 18.3. The van der Waals surface area contributed by atoms with Gasteiger partial charge in [0.05, 0.1) is 6.54 Å². The Morgan fingerprint density at radius 3 is 2.73 bits per heavy atom. The minimum absolute atomic E-state index is 0.376. The Labute approximate surface area is 181 Å². The summed E-state index contributed by atoms with van der Waals surface area (Å²) in [4.78, 5) is 12.9. The van der Waals surface area contributed by atoms with Gasteiger partial charge in [0.2, 0.25) is 0 Å². The number of piperidine rings is 1. The van der Waals surface area contributed by atoms with Crippen LogP contribution >= 0.6 is 11.3 Å². The summed E-state index contributed by atoms with van der Waals surface area (Å²) in [6, 6.07) is 10.7. The second kappa shape index (κ2) is 9.71. The number of anilines is 1. The molecule has 8 nitrogen and oxygen atoms in total. The number of guanidine groups is 1. The average Bonchev–Trinajstić information content (AvgIpc) is 3.42. The van der Waals surface area contributed by atoms with Gasteiger partial charge in [0, 0.05) is 37.3 Å². The number of aryl methyl sites for hydroxylation is 1. The number of rotatable bonds is 6. The molecule has 1 fully saturated rings. The molecule has 1 saturated heterocycles. The maximum atomic E-state index is 4.79. The van der Waals surface area contributed by atoms with Gasteiger partial charge in [0.15, 0.2) is 11.8 Å². The molecule has 0 unspecified atom stereocenters. The second-order valence-electron chi connectivity index (χ2n) is 7.41. The number of aliphatic imine (C=N–C) groups is 1. The molecule has 0 radical (unpaired) electrons. The number of hydrogen-bond acceptors (Lipinski definition) is 6. The number of thiophene rings is 1. The Morgan fingerprint density at radius 2 is 2.07 bits per heavy atom. The quantitative estimate of drug-likeness (QED) is 0.467. The molecule has 3 aromatic rings. The van der Waals surface area contributed by atoms with Crippen molar-refractivity contribution < 1.29 is 0 Å². The van der Waals surface area contributed by atoms with Crippen LogP contribution in [0.4, 0.5) is 5.82 Å². The van der Waals surface area contributed by atoms with Gasteiger partial charge in [-0.3, -0.25) is 0 Å². The van der Waals surface area contributed by atoms with E-state index >= 15 is 0 Å². The van der Waals surface area contributed by atoms with Crippen molar-refractivity contribution in [3.05, 3.63) is 58.4 Å². The summed E-state index contributed by atoms with van der Waals surface area (Å²) in [6.07, 6.45) is 3.94. The Bertz CT molecular complexity index is 943. The maximum absolute atomic E-state index is 4.79. The van der Waals surface area contributed by atoms with Gasteiger partial charge in [-0.05, 0) is 43.3 Å². The Balaban J connectivity index is 1.38. The maximum Gasteiger partial charge on any atom is 0.192 e. The molecule has 4 rings (SSSR count). The van der Waals surface area contributed by atoms with E-state index in [1.54, 1.807) is 11.3 Å². The number of nitrogens with one attached hydrogen (secondary N) is 2. The fourth-order valence-corrected chi connectivity index (χ4v) is 4.11. The summed E-state index contributed by atoms with van der Waals surface area (Å²) in [6.45, 7) is 5.16. The van der Waals surface area contributed by atoms with Gasteiger partial charge < -0.3 is 20.1 Å². The van der Waals surface area contributed by atoms with E-state index in [0.717, 1.165) is 55.9 Å². The first-order valence-electron chi connectivity index (χ1n) is 10.3. The lowest BCUT2D eigenvalue weighted by molar-refractivity contribution is 0.459. The van der Waals surface area contributed by atoms with Gasteiger partial charge in [0.25, 0.3) is 0 Å². The lowest BCUT2D eigenvalue weighted by Crippen LogP contribution is -2.48. The highest BCUT2D eigenvalue weighted by Crippen LogP contribution is 2.17. The van der Waals surface area contributed by atoms with Crippen LogP contribution in [0, 0.1) is 6.92 Å². The monoisotopic (exact) mass is 424 g/mol. The van der Waals surface area contributed by atoms with E-state index in [2.05, 4.69) is 54.3 Å². The summed E-state index contributed by atoms with van der Waals surface area (Å²) in [5, 5.41) is 17.5. The molecule has 0 aliphatic carbocycles. The van der Waals surface area contributed by atoms with E-state index < -0.39 is 0 Å². The second-order valence-corrected chi connectivity index (χ2v) is 8.45. The number of hydrogen-bond donors (Lipinski definition) is 2. The molecule has 158 valence electrons. The van der Waals surface area contributed by atoms with E-state index in [1.165, 1.54) is 4.88 Å². The fourth-order valence-electron chi connectivity index (χ4n) is 3.46. The Kier molecular flexibility index (Phi) is 6.58. The van der Waals surface area contributed by atoms with E-state index in [9.17, 15) is 0 Å². The molecule has 1 aliphatic heterocycles. The van der Waals surface area contributed by atoms with E-state index in [-0.39, 0.29) is 0 Å². The highest BCUT2D eigenvalue weighted by molar-refractivity contribution is 7.09. The molecule has 1 aliphatic rings. The van der Waals surface area contributed by atoms with Crippen LogP contribution in [-0.4, -0.2) is 44.8 Å². The lowest BCUT2D eigenvalue weighted by atomic mass is 10.1. The lowest BCUT2D eigenvalue weighted by Gasteiger charge is -2.33. The zero-order chi connectivity index (χ0) is 20.8. The van der Waals surface area contributed by atoms with Gasteiger partial charge in [-0.25, -0.2) is 9.98 Å². The SMILES string of the molecule is Cc1nnc(CN=C(NCc2cccs2)NC2CCN(c3ccccn3)CC2)n1C. The molecule has 0 amide bonds. The van der Waals surface area contributed by atoms with Crippen LogP contribution < -0.4 is 15.5 Å². The van der Waals surface area contributed by atoms with E-state index in [4.69, 9.17) is 4.99 Å². The highest BCUT2D eigenvalue weighted by atomic mass is 32.1. The summed E-state index contributed by atoms with van der Waals surface area (Å²) < 4.78 is 1.98. The van der Waals surface area contributed by atoms with Gasteiger partial charge in [-0.1, -0.05) is 12.1 Å². The molecule has 4 heterocycles. The van der Waals surface area contributed by atoms with Crippen LogP contribution in [0.5, 0.6) is 0 Å². The largest absolute Gasteiger partial charge is 0.356 e. The standard InChI is InChI=1S/C21H28N8S/c1-16-26-27-20(28(16)2)15-24-21(23-14-18-6-5-13-30-18)25-17-8-11-29(12-9-17)19-7-3-4-10-22-19/h3-7,10,13,17H,8-9,11-12,14-15H2,1-2H3,(H2,23,24,25). The number of pyridine rings is 1. The first kappa shape index (κ1) is 20.3. The number of nitrogens with zero attached hydrogens (tertiary/aromatic N) is 6. The van der Waals surface area contributed by atoms with Gasteiger partial charge >= 0.3 is 0 Å². The smallest absolute Gasteiger partial charge is 0.192 e. The zero-order valence-electron chi connectivity index (χ0n) is 17.5. The summed E-state index contributed by atoms with van der Waals surface area (Å²) in [7, 11) is 1.97. The summed E-state index contributed by atoms with van der Waals surface area (Å²) in [5.74, 6) is 3.62. The van der Waals surface area contributed by atoms with Crippen molar-refractivity contribution in [3.8, 4) is 0 Å². The van der Waals surface area contributed by atoms with E-state index in [0.29, 0.717) is 12.6 Å². The topological polar surface area (TPSA) is 83.3 Å². The third kappa shape index (κ3) is 5.15. The van der Waals surface area contributed by atoms with Gasteiger partial charge in [0.1, 0.15) is 18.2 Å². The molecule has 0 atom stereocenters. The molecule has 0 spiro atoms. The Morgan fingerprint density at radius 1 is 1.20 bits per heavy atom. The summed E-state index contributed by atoms with van der Waals surface area (Å²) >= 11 is 1.74. The first-order chi connectivity index (χ1) is 14.7. The molecule has 3 aromatic heterocycles. The van der Waals surface area contributed by atoms with Crippen LogP contribution in [0.2, 0.25) is 0 Å². The number of aromatic nitrogens is 4. The van der Waals surface area contributed by atoms with Gasteiger partial charge in [-0.2, -0.15) is 0 Å². The Hall–Kier alpha value is -2.94. The van der Waals surface area contributed by atoms with Crippen molar-refractivity contribution in [2.24, 2.45) is 12.0 Å². The van der Waals surface area contributed by atoms with Crippen molar-refractivity contribution >= 4 is 23.1 Å². The van der Waals surface area contributed by atoms with Crippen molar-refractivity contribution in [2.45, 2.75) is 38.9 Å². The molecule has 30 heavy (non-hydrogen) atoms. The molecule has 9 heteroatoms. The van der Waals surface area contributed by atoms with Crippen LogP contribution in [0.25, 0.3) is 0 Å². The van der Waals surface area contributed by atoms with Crippen molar-refractivity contribution in [1.82, 2.24) is 30.4 Å². The molecular formula is C21H28N8S. The molecular weight excluding hydrogens is 396 g/mol. The molecule has 2 N–H and O–H groups in total. The molecule has 0 bridgehead atoms. The van der Waals surface area contributed by atoms with Crippen molar-refractivity contribution in [1.29, 1.82) is 0 Å². The minimum atomic E-state index is 0.376. The molecule has 0 aromatic carbocycles. The predicted octanol–water partition coefficient (Wildman–Crippen LogP) is 2.48. The van der Waals surface area contributed by atoms with Gasteiger partial charge in [-0.15, -0.1) is 21.5 Å². The van der Waals surface area contributed by atoms with E-state index in [1.807, 2.05) is 36.9 Å². The molecule has 0 saturated carbocycles.